The van der Waals surface area contributed by atoms with E-state index in [1.165, 1.54) is 22.2 Å². The SMILES string of the molecule is Cc1ccc(N2CC(N(C)C)C2)cc1C(N)=NC1(c2ccnc3ccccc23)CC1. The predicted octanol–water partition coefficient (Wildman–Crippen LogP) is 3.69. The molecule has 2 aromatic carbocycles. The number of pyridine rings is 1. The fourth-order valence-electron chi connectivity index (χ4n) is 4.43. The van der Waals surface area contributed by atoms with Crippen molar-refractivity contribution in [3.63, 3.8) is 0 Å². The lowest BCUT2D eigenvalue weighted by Gasteiger charge is -2.44. The lowest BCUT2D eigenvalue weighted by atomic mass is 9.99. The molecule has 2 aliphatic rings. The van der Waals surface area contributed by atoms with Gasteiger partial charge in [-0.2, -0.15) is 0 Å². The molecule has 0 atom stereocenters. The van der Waals surface area contributed by atoms with E-state index in [1.807, 2.05) is 12.3 Å². The summed E-state index contributed by atoms with van der Waals surface area (Å²) in [4.78, 5) is 14.3. The molecule has 3 aromatic rings. The highest BCUT2D eigenvalue weighted by atomic mass is 15.3. The molecule has 0 bridgehead atoms. The number of hydrogen-bond acceptors (Lipinski definition) is 4. The second kappa shape index (κ2) is 7.10. The number of anilines is 1. The number of aryl methyl sites for hydroxylation is 1. The average molecular weight is 400 g/mol. The smallest absolute Gasteiger partial charge is 0.126 e. The number of nitrogens with zero attached hydrogens (tertiary/aromatic N) is 4. The van der Waals surface area contributed by atoms with E-state index in [0.717, 1.165) is 37.0 Å². The van der Waals surface area contributed by atoms with Gasteiger partial charge in [-0.05, 0) is 69.3 Å². The Bertz CT molecular complexity index is 1120. The third-order valence-electron chi connectivity index (χ3n) is 6.66. The van der Waals surface area contributed by atoms with Crippen molar-refractivity contribution in [1.82, 2.24) is 9.88 Å². The summed E-state index contributed by atoms with van der Waals surface area (Å²) in [6, 6.07) is 17.6. The largest absolute Gasteiger partial charge is 0.383 e. The molecule has 1 saturated heterocycles. The summed E-state index contributed by atoms with van der Waals surface area (Å²) >= 11 is 0. The fourth-order valence-corrected chi connectivity index (χ4v) is 4.43. The Labute approximate surface area is 178 Å². The van der Waals surface area contributed by atoms with Gasteiger partial charge in [0.15, 0.2) is 0 Å². The van der Waals surface area contributed by atoms with Gasteiger partial charge >= 0.3 is 0 Å². The summed E-state index contributed by atoms with van der Waals surface area (Å²) < 4.78 is 0. The molecular weight excluding hydrogens is 370 g/mol. The summed E-state index contributed by atoms with van der Waals surface area (Å²) in [5.74, 6) is 0.637. The van der Waals surface area contributed by atoms with Gasteiger partial charge in [-0.15, -0.1) is 0 Å². The molecule has 0 radical (unpaired) electrons. The van der Waals surface area contributed by atoms with Gasteiger partial charge in [-0.1, -0.05) is 24.3 Å². The number of amidine groups is 1. The van der Waals surface area contributed by atoms with E-state index in [4.69, 9.17) is 10.7 Å². The molecule has 2 fully saturated rings. The molecule has 1 aliphatic heterocycles. The first kappa shape index (κ1) is 19.1. The van der Waals surface area contributed by atoms with Crippen LogP contribution in [0.5, 0.6) is 0 Å². The minimum atomic E-state index is -0.220. The molecule has 0 spiro atoms. The number of aliphatic imine (C=N–C) groups is 1. The van der Waals surface area contributed by atoms with Crippen molar-refractivity contribution in [2.45, 2.75) is 31.3 Å². The molecule has 1 aliphatic carbocycles. The van der Waals surface area contributed by atoms with E-state index < -0.39 is 0 Å². The number of benzene rings is 2. The Morgan fingerprint density at radius 2 is 1.90 bits per heavy atom. The highest BCUT2D eigenvalue weighted by molar-refractivity contribution is 6.00. The summed E-state index contributed by atoms with van der Waals surface area (Å²) in [5, 5.41) is 1.18. The molecule has 5 rings (SSSR count). The molecule has 2 N–H and O–H groups in total. The number of para-hydroxylation sites is 1. The number of fused-ring (bicyclic) bond motifs is 1. The second-order valence-electron chi connectivity index (χ2n) is 8.93. The van der Waals surface area contributed by atoms with Crippen LogP contribution in [-0.4, -0.2) is 48.9 Å². The van der Waals surface area contributed by atoms with Crippen LogP contribution < -0.4 is 10.6 Å². The standard InChI is InChI=1S/C25H29N5/c1-17-8-9-18(30-15-19(16-30)29(2)3)14-21(17)24(26)28-25(11-12-25)22-10-13-27-23-7-5-4-6-20(22)23/h4-10,13-14,19H,11-12,15-16H2,1-3H3,(H2,26,28). The van der Waals surface area contributed by atoms with Crippen LogP contribution in [0.15, 0.2) is 59.7 Å². The van der Waals surface area contributed by atoms with Gasteiger partial charge in [0.25, 0.3) is 0 Å². The molecule has 30 heavy (non-hydrogen) atoms. The van der Waals surface area contributed by atoms with Crippen molar-refractivity contribution in [2.75, 3.05) is 32.1 Å². The Kier molecular flexibility index (Phi) is 4.51. The lowest BCUT2D eigenvalue weighted by molar-refractivity contribution is 0.247. The van der Waals surface area contributed by atoms with Crippen molar-refractivity contribution in [2.24, 2.45) is 10.7 Å². The third-order valence-corrected chi connectivity index (χ3v) is 6.66. The summed E-state index contributed by atoms with van der Waals surface area (Å²) in [6.45, 7) is 4.22. The maximum Gasteiger partial charge on any atom is 0.126 e. The van der Waals surface area contributed by atoms with E-state index in [2.05, 4.69) is 78.3 Å². The number of likely N-dealkylation sites (N-methyl/N-ethyl adjacent to an activating group) is 1. The topological polar surface area (TPSA) is 57.8 Å². The zero-order valence-corrected chi connectivity index (χ0v) is 18.0. The quantitative estimate of drug-likeness (QED) is 0.525. The van der Waals surface area contributed by atoms with Crippen LogP contribution in [0.25, 0.3) is 10.9 Å². The maximum absolute atomic E-state index is 6.62. The maximum atomic E-state index is 6.62. The van der Waals surface area contributed by atoms with Crippen LogP contribution >= 0.6 is 0 Å². The van der Waals surface area contributed by atoms with E-state index in [-0.39, 0.29) is 5.54 Å². The molecule has 1 saturated carbocycles. The third kappa shape index (κ3) is 3.23. The van der Waals surface area contributed by atoms with E-state index >= 15 is 0 Å². The van der Waals surface area contributed by atoms with Crippen LogP contribution in [0.3, 0.4) is 0 Å². The zero-order chi connectivity index (χ0) is 20.9. The first-order chi connectivity index (χ1) is 14.5. The van der Waals surface area contributed by atoms with E-state index in [1.54, 1.807) is 0 Å². The molecule has 0 unspecified atom stereocenters. The molecule has 5 nitrogen and oxygen atoms in total. The molecule has 2 heterocycles. The first-order valence-electron chi connectivity index (χ1n) is 10.7. The monoisotopic (exact) mass is 399 g/mol. The second-order valence-corrected chi connectivity index (χ2v) is 8.93. The van der Waals surface area contributed by atoms with Gasteiger partial charge in [-0.3, -0.25) is 9.98 Å². The van der Waals surface area contributed by atoms with Gasteiger partial charge in [0.2, 0.25) is 0 Å². The number of rotatable bonds is 5. The van der Waals surface area contributed by atoms with Crippen molar-refractivity contribution < 1.29 is 0 Å². The predicted molar refractivity (Wildman–Crippen MR) is 124 cm³/mol. The van der Waals surface area contributed by atoms with Crippen LogP contribution in [-0.2, 0) is 5.54 Å². The van der Waals surface area contributed by atoms with Crippen LogP contribution in [0.2, 0.25) is 0 Å². The summed E-state index contributed by atoms with van der Waals surface area (Å²) in [6.07, 6.45) is 3.94. The molecular formula is C25H29N5. The van der Waals surface area contributed by atoms with Gasteiger partial charge in [0.05, 0.1) is 11.1 Å². The average Bonchev–Trinajstić information content (AvgIpc) is 3.47. The van der Waals surface area contributed by atoms with Crippen LogP contribution in [0.4, 0.5) is 5.69 Å². The molecule has 5 heteroatoms. The molecule has 0 amide bonds. The van der Waals surface area contributed by atoms with Crippen LogP contribution in [0.1, 0.15) is 29.5 Å². The lowest BCUT2D eigenvalue weighted by Crippen LogP contribution is -2.57. The van der Waals surface area contributed by atoms with Gasteiger partial charge < -0.3 is 15.5 Å². The first-order valence-corrected chi connectivity index (χ1v) is 10.7. The van der Waals surface area contributed by atoms with E-state index in [9.17, 15) is 0 Å². The number of nitrogens with two attached hydrogens (primary N) is 1. The molecule has 1 aromatic heterocycles. The fraction of sp³-hybridized carbons (Fsp3) is 0.360. The van der Waals surface area contributed by atoms with E-state index in [0.29, 0.717) is 11.9 Å². The Hall–Kier alpha value is -2.92. The van der Waals surface area contributed by atoms with Crippen molar-refractivity contribution in [3.05, 3.63) is 71.4 Å². The summed E-state index contributed by atoms with van der Waals surface area (Å²) in [5.41, 5.74) is 12.1. The Morgan fingerprint density at radius 3 is 2.63 bits per heavy atom. The zero-order valence-electron chi connectivity index (χ0n) is 18.0. The Balaban J connectivity index is 1.47. The minimum Gasteiger partial charge on any atom is -0.383 e. The highest BCUT2D eigenvalue weighted by Gasteiger charge is 2.45. The normalized spacial score (nSPS) is 18.7. The highest BCUT2D eigenvalue weighted by Crippen LogP contribution is 2.51. The van der Waals surface area contributed by atoms with Gasteiger partial charge in [0, 0.05) is 42.0 Å². The number of hydrogen-bond donors (Lipinski definition) is 1. The Morgan fingerprint density at radius 1 is 1.13 bits per heavy atom. The number of aromatic nitrogens is 1. The van der Waals surface area contributed by atoms with Crippen LogP contribution in [0, 0.1) is 6.92 Å². The van der Waals surface area contributed by atoms with Crippen molar-refractivity contribution >= 4 is 22.4 Å². The van der Waals surface area contributed by atoms with Gasteiger partial charge in [-0.25, -0.2) is 0 Å². The van der Waals surface area contributed by atoms with Crippen molar-refractivity contribution in [1.29, 1.82) is 0 Å². The summed E-state index contributed by atoms with van der Waals surface area (Å²) in [7, 11) is 4.29. The van der Waals surface area contributed by atoms with Gasteiger partial charge in [0.1, 0.15) is 5.84 Å². The minimum absolute atomic E-state index is 0.220. The van der Waals surface area contributed by atoms with Crippen molar-refractivity contribution in [3.8, 4) is 0 Å². The molecule has 154 valence electrons.